The zero-order chi connectivity index (χ0) is 25.4. The average molecular weight is 498 g/mol. The Kier molecular flexibility index (Phi) is 8.68. The number of rotatable bonds is 9. The predicted molar refractivity (Wildman–Crippen MR) is 115 cm³/mol. The van der Waals surface area contributed by atoms with Crippen LogP contribution in [0.15, 0.2) is 47.4 Å². The van der Waals surface area contributed by atoms with Crippen LogP contribution in [0.3, 0.4) is 0 Å². The van der Waals surface area contributed by atoms with Gasteiger partial charge in [-0.1, -0.05) is 30.3 Å². The van der Waals surface area contributed by atoms with Crippen LogP contribution < -0.4 is 16.3 Å². The molecule has 1 aliphatic heterocycles. The van der Waals surface area contributed by atoms with Crippen LogP contribution in [0.2, 0.25) is 0 Å². The second kappa shape index (κ2) is 11.7. The molecular formula is C21H24F2N4O8. The maximum absolute atomic E-state index is 14.2. The van der Waals surface area contributed by atoms with Crippen molar-refractivity contribution < 1.29 is 42.8 Å². The maximum atomic E-state index is 14.2. The molecule has 12 nitrogen and oxygen atoms in total. The highest BCUT2D eigenvalue weighted by Crippen LogP contribution is 2.41. The van der Waals surface area contributed by atoms with Gasteiger partial charge in [0.15, 0.2) is 6.10 Å². The van der Waals surface area contributed by atoms with Crippen LogP contribution in [0.4, 0.5) is 24.2 Å². The minimum Gasteiger partial charge on any atom is -0.449 e. The van der Waals surface area contributed by atoms with Crippen LogP contribution in [0.1, 0.15) is 18.2 Å². The van der Waals surface area contributed by atoms with Gasteiger partial charge in [-0.15, -0.1) is 0 Å². The number of alkyl carbamates (subject to hydrolysis) is 1. The Morgan fingerprint density at radius 2 is 1.91 bits per heavy atom. The Morgan fingerprint density at radius 3 is 2.57 bits per heavy atom. The third kappa shape index (κ3) is 6.71. The van der Waals surface area contributed by atoms with Gasteiger partial charge in [0.05, 0.1) is 13.2 Å². The first-order valence-electron chi connectivity index (χ1n) is 10.5. The summed E-state index contributed by atoms with van der Waals surface area (Å²) in [5.41, 5.74) is -0.350. The van der Waals surface area contributed by atoms with E-state index in [9.17, 15) is 28.3 Å². The van der Waals surface area contributed by atoms with E-state index < -0.39 is 48.8 Å². The highest BCUT2D eigenvalue weighted by molar-refractivity contribution is 5.83. The number of benzene rings is 1. The third-order valence-corrected chi connectivity index (χ3v) is 4.91. The van der Waals surface area contributed by atoms with E-state index in [1.54, 1.807) is 0 Å². The molecule has 0 radical (unpaired) electrons. The molecule has 4 N–H and O–H groups in total. The molecule has 2 amide bonds. The Labute approximate surface area is 197 Å². The first-order valence-corrected chi connectivity index (χ1v) is 10.5. The fourth-order valence-corrected chi connectivity index (χ4v) is 3.12. The lowest BCUT2D eigenvalue weighted by Gasteiger charge is -2.21. The van der Waals surface area contributed by atoms with E-state index in [0.717, 1.165) is 17.8 Å². The van der Waals surface area contributed by atoms with Crippen molar-refractivity contribution in [1.29, 1.82) is 0 Å². The normalized spacial score (nSPS) is 20.7. The smallest absolute Gasteiger partial charge is 0.412 e. The van der Waals surface area contributed by atoms with Crippen LogP contribution in [-0.4, -0.2) is 69.8 Å². The molecule has 1 aliphatic rings. The van der Waals surface area contributed by atoms with Crippen molar-refractivity contribution in [2.45, 2.75) is 37.4 Å². The molecule has 0 unspecified atom stereocenters. The molecule has 3 rings (SSSR count). The highest BCUT2D eigenvalue weighted by atomic mass is 19.3. The Hall–Kier alpha value is -3.62. The van der Waals surface area contributed by atoms with Gasteiger partial charge in [0.25, 0.3) is 0 Å². The number of aromatic nitrogens is 2. The lowest BCUT2D eigenvalue weighted by molar-refractivity contribution is -0.140. The fraction of sp³-hybridized carbons (Fsp3) is 0.429. The Morgan fingerprint density at radius 1 is 1.17 bits per heavy atom. The van der Waals surface area contributed by atoms with Crippen molar-refractivity contribution in [1.82, 2.24) is 14.9 Å². The summed E-state index contributed by atoms with van der Waals surface area (Å²) in [5, 5.41) is 23.3. The minimum absolute atomic E-state index is 0.0789. The zero-order valence-electron chi connectivity index (χ0n) is 18.3. The van der Waals surface area contributed by atoms with Crippen molar-refractivity contribution in [3.8, 4) is 0 Å². The first kappa shape index (κ1) is 26.0. The third-order valence-electron chi connectivity index (χ3n) is 4.91. The van der Waals surface area contributed by atoms with E-state index >= 15 is 0 Å². The monoisotopic (exact) mass is 498 g/mol. The summed E-state index contributed by atoms with van der Waals surface area (Å²) in [5.74, 6) is -4.12. The molecule has 3 atom stereocenters. The van der Waals surface area contributed by atoms with Gasteiger partial charge in [-0.25, -0.2) is 14.4 Å². The molecule has 0 spiro atoms. The number of anilines is 1. The standard InChI is InChI=1S/C21H24F2N4O8/c22-21(23)16(29)14(11-28)35-17(21)27-9-7-15(25-18(27)30)26-20(32)33-10-4-8-24-19(31)34-12-13-5-2-1-3-6-13/h1-3,5-7,9,14,16-17,28-29H,4,8,10-12H2,(H,24,31)(H,25,26,30,32)/t14-,16-,17-/m1/s1. The molecule has 35 heavy (non-hydrogen) atoms. The van der Waals surface area contributed by atoms with Gasteiger partial charge in [0.2, 0.25) is 6.23 Å². The quantitative estimate of drug-likeness (QED) is 0.370. The summed E-state index contributed by atoms with van der Waals surface area (Å²) >= 11 is 0. The van der Waals surface area contributed by atoms with Gasteiger partial charge in [-0.2, -0.15) is 13.8 Å². The number of carbonyl (C=O) groups excluding carboxylic acids is 2. The maximum Gasteiger partial charge on any atom is 0.412 e. The number of nitrogens with one attached hydrogen (secondary N) is 2. The number of hydrogen-bond acceptors (Lipinski definition) is 9. The number of carbonyl (C=O) groups is 2. The van der Waals surface area contributed by atoms with Crippen LogP contribution in [0, 0.1) is 0 Å². The Balaban J connectivity index is 1.39. The molecule has 1 fully saturated rings. The van der Waals surface area contributed by atoms with Gasteiger partial charge >= 0.3 is 23.8 Å². The second-order valence-corrected chi connectivity index (χ2v) is 7.43. The summed E-state index contributed by atoms with van der Waals surface area (Å²) in [7, 11) is 0. The van der Waals surface area contributed by atoms with Crippen molar-refractivity contribution in [2.75, 3.05) is 25.1 Å². The largest absolute Gasteiger partial charge is 0.449 e. The molecule has 14 heteroatoms. The van der Waals surface area contributed by atoms with Gasteiger partial charge in [0, 0.05) is 12.7 Å². The number of nitrogens with zero attached hydrogens (tertiary/aromatic N) is 2. The molecule has 190 valence electrons. The van der Waals surface area contributed by atoms with E-state index in [1.807, 2.05) is 30.3 Å². The summed E-state index contributed by atoms with van der Waals surface area (Å²) in [6.45, 7) is -0.661. The molecule has 0 saturated carbocycles. The zero-order valence-corrected chi connectivity index (χ0v) is 18.3. The predicted octanol–water partition coefficient (Wildman–Crippen LogP) is 0.994. The lowest BCUT2D eigenvalue weighted by atomic mass is 10.1. The summed E-state index contributed by atoms with van der Waals surface area (Å²) in [6.07, 6.45) is -6.47. The first-order chi connectivity index (χ1) is 16.7. The van der Waals surface area contributed by atoms with Crippen LogP contribution in [-0.2, 0) is 20.8 Å². The molecule has 1 saturated heterocycles. The molecule has 2 heterocycles. The number of aliphatic hydroxyl groups excluding tert-OH is 2. The summed E-state index contributed by atoms with van der Waals surface area (Å²) in [4.78, 5) is 39.1. The van der Waals surface area contributed by atoms with E-state index in [2.05, 4.69) is 15.6 Å². The van der Waals surface area contributed by atoms with Gasteiger partial charge in [-0.3, -0.25) is 9.88 Å². The number of ether oxygens (including phenoxy) is 3. The molecule has 2 aromatic rings. The second-order valence-electron chi connectivity index (χ2n) is 7.43. The molecular weight excluding hydrogens is 474 g/mol. The van der Waals surface area contributed by atoms with Crippen LogP contribution in [0.5, 0.6) is 0 Å². The van der Waals surface area contributed by atoms with Crippen LogP contribution >= 0.6 is 0 Å². The van der Waals surface area contributed by atoms with Gasteiger partial charge < -0.3 is 29.7 Å². The number of halogens is 2. The Bertz CT molecular complexity index is 1070. The average Bonchev–Trinajstić information content (AvgIpc) is 3.06. The van der Waals surface area contributed by atoms with Gasteiger partial charge in [-0.05, 0) is 18.1 Å². The van der Waals surface area contributed by atoms with Crippen molar-refractivity contribution in [3.63, 3.8) is 0 Å². The van der Waals surface area contributed by atoms with Crippen molar-refractivity contribution >= 4 is 18.0 Å². The molecule has 0 bridgehead atoms. The lowest BCUT2D eigenvalue weighted by Crippen LogP contribution is -2.41. The topological polar surface area (TPSA) is 161 Å². The molecule has 1 aromatic carbocycles. The number of alkyl halides is 2. The fourth-order valence-electron chi connectivity index (χ4n) is 3.12. The van der Waals surface area contributed by atoms with E-state index in [-0.39, 0.29) is 32.0 Å². The molecule has 1 aromatic heterocycles. The number of hydrogen-bond donors (Lipinski definition) is 4. The number of amides is 2. The number of aliphatic hydroxyl groups is 2. The van der Waals surface area contributed by atoms with E-state index in [0.29, 0.717) is 4.57 Å². The van der Waals surface area contributed by atoms with E-state index in [4.69, 9.17) is 19.3 Å². The van der Waals surface area contributed by atoms with E-state index in [1.165, 1.54) is 0 Å². The minimum atomic E-state index is -3.85. The SMILES string of the molecule is O=C(NCCCOC(=O)Nc1ccn([C@@H]2O[C@H](CO)[C@@H](O)C2(F)F)c(=O)n1)OCc1ccccc1. The van der Waals surface area contributed by atoms with Crippen molar-refractivity contribution in [2.24, 2.45) is 0 Å². The van der Waals surface area contributed by atoms with Gasteiger partial charge in [0.1, 0.15) is 18.5 Å². The summed E-state index contributed by atoms with van der Waals surface area (Å²) < 4.78 is 43.6. The van der Waals surface area contributed by atoms with Crippen molar-refractivity contribution in [3.05, 3.63) is 58.6 Å². The van der Waals surface area contributed by atoms with Crippen LogP contribution in [0.25, 0.3) is 0 Å². The highest BCUT2D eigenvalue weighted by Gasteiger charge is 2.59. The summed E-state index contributed by atoms with van der Waals surface area (Å²) in [6, 6.07) is 10.2. The molecule has 0 aliphatic carbocycles.